The van der Waals surface area contributed by atoms with Gasteiger partial charge >= 0.3 is 0 Å². The van der Waals surface area contributed by atoms with Crippen molar-refractivity contribution in [1.82, 2.24) is 4.31 Å². The quantitative estimate of drug-likeness (QED) is 0.366. The fourth-order valence-corrected chi connectivity index (χ4v) is 4.36. The Labute approximate surface area is 181 Å². The molecule has 0 bridgehead atoms. The van der Waals surface area contributed by atoms with Crippen molar-refractivity contribution in [3.8, 4) is 23.0 Å². The monoisotopic (exact) mass is 441 g/mol. The lowest BCUT2D eigenvalue weighted by Gasteiger charge is -2.26. The molecule has 0 spiro atoms. The molecule has 0 heterocycles. The summed E-state index contributed by atoms with van der Waals surface area (Å²) in [6, 6.07) is 11.2. The Kier molecular flexibility index (Phi) is 9.73. The summed E-state index contributed by atoms with van der Waals surface area (Å²) in [6.07, 6.45) is 0.671. The van der Waals surface area contributed by atoms with Crippen LogP contribution in [0.1, 0.15) is 17.5 Å². The van der Waals surface area contributed by atoms with E-state index in [9.17, 15) is 4.55 Å². The first-order valence-corrected chi connectivity index (χ1v) is 11.0. The fraction of sp³-hybridized carbons (Fsp3) is 0.429. The van der Waals surface area contributed by atoms with Crippen LogP contribution < -0.4 is 18.9 Å². The summed E-state index contributed by atoms with van der Waals surface area (Å²) in [5, 5.41) is 0. The van der Waals surface area contributed by atoms with Gasteiger partial charge in [-0.25, -0.2) is 0 Å². The highest BCUT2D eigenvalue weighted by Gasteiger charge is 2.23. The van der Waals surface area contributed by atoms with Gasteiger partial charge < -0.3 is 23.5 Å². The largest absolute Gasteiger partial charge is 0.598 e. The summed E-state index contributed by atoms with van der Waals surface area (Å²) in [4.78, 5) is 0. The molecular formula is C21H28ClNO5S. The summed E-state index contributed by atoms with van der Waals surface area (Å²) >= 11 is 4.59. The Hall–Kier alpha value is -1.80. The van der Waals surface area contributed by atoms with Crippen LogP contribution in [-0.4, -0.2) is 48.9 Å². The van der Waals surface area contributed by atoms with Gasteiger partial charge in [-0.3, -0.25) is 0 Å². The second-order valence-corrected chi connectivity index (χ2v) is 8.17. The lowest BCUT2D eigenvalue weighted by molar-refractivity contribution is 0.358. The van der Waals surface area contributed by atoms with Crippen molar-refractivity contribution in [1.29, 1.82) is 0 Å². The normalized spacial score (nSPS) is 12.0. The van der Waals surface area contributed by atoms with E-state index >= 15 is 0 Å². The number of hydrogen-bond acceptors (Lipinski definition) is 6. The lowest BCUT2D eigenvalue weighted by atomic mass is 10.1. The van der Waals surface area contributed by atoms with Gasteiger partial charge in [0.15, 0.2) is 0 Å². The van der Waals surface area contributed by atoms with Crippen LogP contribution >= 0.6 is 11.6 Å². The number of benzene rings is 2. The first kappa shape index (κ1) is 23.5. The number of halogens is 1. The third-order valence-corrected chi connectivity index (χ3v) is 6.16. The van der Waals surface area contributed by atoms with Gasteiger partial charge in [0.2, 0.25) is 0 Å². The molecule has 160 valence electrons. The SMILES string of the molecule is COc1ccc(CN(Cc2ccc(OC)cc2OC)[S+]([O-])CCCCl)c(OC)c1. The van der Waals surface area contributed by atoms with Crippen LogP contribution in [0.25, 0.3) is 0 Å². The van der Waals surface area contributed by atoms with Crippen molar-refractivity contribution in [3.63, 3.8) is 0 Å². The third-order valence-electron chi connectivity index (χ3n) is 4.42. The van der Waals surface area contributed by atoms with Gasteiger partial charge in [-0.05, 0) is 12.1 Å². The predicted octanol–water partition coefficient (Wildman–Crippen LogP) is 4.02. The number of rotatable bonds is 12. The number of alkyl halides is 1. The van der Waals surface area contributed by atoms with E-state index in [-0.39, 0.29) is 0 Å². The van der Waals surface area contributed by atoms with Crippen LogP contribution in [0.4, 0.5) is 0 Å². The average molecular weight is 442 g/mol. The van der Waals surface area contributed by atoms with Crippen LogP contribution in [0.2, 0.25) is 0 Å². The van der Waals surface area contributed by atoms with E-state index in [1.807, 2.05) is 40.7 Å². The highest BCUT2D eigenvalue weighted by atomic mass is 35.5. The van der Waals surface area contributed by atoms with E-state index in [2.05, 4.69) is 0 Å². The zero-order valence-corrected chi connectivity index (χ0v) is 18.8. The molecule has 0 amide bonds. The highest BCUT2D eigenvalue weighted by molar-refractivity contribution is 7.89. The van der Waals surface area contributed by atoms with E-state index in [4.69, 9.17) is 30.5 Å². The predicted molar refractivity (Wildman–Crippen MR) is 117 cm³/mol. The molecule has 0 aromatic heterocycles. The molecule has 2 rings (SSSR count). The zero-order chi connectivity index (χ0) is 21.2. The number of methoxy groups -OCH3 is 4. The summed E-state index contributed by atoms with van der Waals surface area (Å²) < 4.78 is 36.4. The average Bonchev–Trinajstić information content (AvgIpc) is 2.77. The Balaban J connectivity index is 2.31. The van der Waals surface area contributed by atoms with E-state index in [0.29, 0.717) is 54.1 Å². The number of hydrogen-bond donors (Lipinski definition) is 0. The smallest absolute Gasteiger partial charge is 0.127 e. The molecule has 0 saturated heterocycles. The van der Waals surface area contributed by atoms with Crippen molar-refractivity contribution in [2.75, 3.05) is 40.1 Å². The van der Waals surface area contributed by atoms with Crippen molar-refractivity contribution in [2.45, 2.75) is 19.5 Å². The van der Waals surface area contributed by atoms with Crippen molar-refractivity contribution < 1.29 is 23.5 Å². The Bertz CT molecular complexity index is 719. The topological polar surface area (TPSA) is 63.2 Å². The van der Waals surface area contributed by atoms with Crippen molar-refractivity contribution in [2.24, 2.45) is 0 Å². The van der Waals surface area contributed by atoms with E-state index in [1.165, 1.54) is 0 Å². The minimum absolute atomic E-state index is 0.442. The summed E-state index contributed by atoms with van der Waals surface area (Å²) in [6.45, 7) is 0.883. The molecule has 1 unspecified atom stereocenters. The van der Waals surface area contributed by atoms with Gasteiger partial charge in [0.05, 0.1) is 41.5 Å². The highest BCUT2D eigenvalue weighted by Crippen LogP contribution is 2.30. The van der Waals surface area contributed by atoms with Gasteiger partial charge in [-0.2, -0.15) is 0 Å². The zero-order valence-electron chi connectivity index (χ0n) is 17.3. The molecule has 0 aliphatic heterocycles. The molecule has 0 fully saturated rings. The molecule has 0 aliphatic carbocycles. The second-order valence-electron chi connectivity index (χ2n) is 6.22. The minimum Gasteiger partial charge on any atom is -0.598 e. The maximum Gasteiger partial charge on any atom is 0.127 e. The Morgan fingerprint density at radius 3 is 1.69 bits per heavy atom. The Morgan fingerprint density at radius 1 is 0.828 bits per heavy atom. The molecule has 1 atom stereocenters. The number of nitrogens with zero attached hydrogens (tertiary/aromatic N) is 1. The molecular weight excluding hydrogens is 414 g/mol. The van der Waals surface area contributed by atoms with Gasteiger partial charge in [-0.15, -0.1) is 15.9 Å². The lowest BCUT2D eigenvalue weighted by Crippen LogP contribution is -2.32. The summed E-state index contributed by atoms with van der Waals surface area (Å²) in [7, 11) is 6.44. The number of ether oxygens (including phenoxy) is 4. The molecule has 0 N–H and O–H groups in total. The molecule has 0 aliphatic rings. The van der Waals surface area contributed by atoms with Gasteiger partial charge in [0, 0.05) is 46.9 Å². The van der Waals surface area contributed by atoms with E-state index in [1.54, 1.807) is 28.4 Å². The van der Waals surface area contributed by atoms with Crippen molar-refractivity contribution in [3.05, 3.63) is 47.5 Å². The maximum absolute atomic E-state index is 13.0. The first-order chi connectivity index (χ1) is 14.1. The molecule has 29 heavy (non-hydrogen) atoms. The van der Waals surface area contributed by atoms with Crippen LogP contribution in [0.5, 0.6) is 23.0 Å². The molecule has 2 aromatic rings. The molecule has 6 nitrogen and oxygen atoms in total. The van der Waals surface area contributed by atoms with Crippen LogP contribution in [0, 0.1) is 0 Å². The fourth-order valence-electron chi connectivity index (χ4n) is 2.85. The van der Waals surface area contributed by atoms with Gasteiger partial charge in [0.1, 0.15) is 28.8 Å². The summed E-state index contributed by atoms with van der Waals surface area (Å²) in [5.74, 6) is 3.74. The van der Waals surface area contributed by atoms with E-state index < -0.39 is 11.4 Å². The third kappa shape index (κ3) is 6.60. The molecule has 8 heteroatoms. The van der Waals surface area contributed by atoms with Crippen LogP contribution in [0.3, 0.4) is 0 Å². The molecule has 0 radical (unpaired) electrons. The second kappa shape index (κ2) is 12.0. The standard InChI is InChI=1S/C21H28ClNO5S/c1-25-18-8-6-16(20(12-18)27-3)14-23(29(24)11-5-10-22)15-17-7-9-19(26-2)13-21(17)28-4/h6-9,12-13H,5,10-11,14-15H2,1-4H3. The maximum atomic E-state index is 13.0. The summed E-state index contributed by atoms with van der Waals surface area (Å²) in [5.41, 5.74) is 1.83. The van der Waals surface area contributed by atoms with Crippen molar-refractivity contribution >= 4 is 23.0 Å². The Morgan fingerprint density at radius 2 is 1.31 bits per heavy atom. The minimum atomic E-state index is -1.22. The van der Waals surface area contributed by atoms with Crippen LogP contribution in [-0.2, 0) is 24.5 Å². The van der Waals surface area contributed by atoms with E-state index in [0.717, 1.165) is 11.1 Å². The van der Waals surface area contributed by atoms with Gasteiger partial charge in [-0.1, -0.05) is 12.1 Å². The molecule has 2 aromatic carbocycles. The molecule has 0 saturated carbocycles. The van der Waals surface area contributed by atoms with Gasteiger partial charge in [0.25, 0.3) is 0 Å². The van der Waals surface area contributed by atoms with Crippen LogP contribution in [0.15, 0.2) is 36.4 Å². The first-order valence-electron chi connectivity index (χ1n) is 9.17.